The number of nitrogens with zero attached hydrogens (tertiary/aromatic N) is 5. The number of anilines is 3. The zero-order valence-electron chi connectivity index (χ0n) is 21.1. The minimum Gasteiger partial charge on any atom is -0.354 e. The highest BCUT2D eigenvalue weighted by molar-refractivity contribution is 7.04. The number of fused-ring (bicyclic) bond motifs is 3. The van der Waals surface area contributed by atoms with Crippen molar-refractivity contribution in [1.29, 1.82) is 0 Å². The van der Waals surface area contributed by atoms with Gasteiger partial charge in [0.2, 0.25) is 5.95 Å². The molecule has 2 bridgehead atoms. The number of amides is 2. The van der Waals surface area contributed by atoms with Crippen molar-refractivity contribution >= 4 is 35.0 Å². The second-order valence-electron chi connectivity index (χ2n) is 9.92. The number of nitrogens with one attached hydrogen (secondary N) is 2. The monoisotopic (exact) mass is 499 g/mol. The zero-order chi connectivity index (χ0) is 24.3. The Morgan fingerprint density at radius 3 is 2.63 bits per heavy atom. The number of carbonyl (C=O) groups excluding carboxylic acids is 1. The van der Waals surface area contributed by atoms with Crippen LogP contribution in [0.25, 0.3) is 0 Å². The summed E-state index contributed by atoms with van der Waals surface area (Å²) in [5.41, 5.74) is 0.905. The lowest BCUT2D eigenvalue weighted by atomic mass is 9.95. The van der Waals surface area contributed by atoms with E-state index in [4.69, 9.17) is 4.98 Å². The van der Waals surface area contributed by atoms with Gasteiger partial charge in [0, 0.05) is 37.8 Å². The molecule has 35 heavy (non-hydrogen) atoms. The van der Waals surface area contributed by atoms with Gasteiger partial charge in [0.1, 0.15) is 5.82 Å². The number of urea groups is 1. The third-order valence-corrected chi connectivity index (χ3v) is 7.85. The smallest absolute Gasteiger partial charge is 0.317 e. The summed E-state index contributed by atoms with van der Waals surface area (Å²) in [7, 11) is 0. The summed E-state index contributed by atoms with van der Waals surface area (Å²) >= 11 is 1.40. The Morgan fingerprint density at radius 1 is 1.06 bits per heavy atom. The molecule has 2 atom stereocenters. The third-order valence-electron chi connectivity index (χ3n) is 7.26. The van der Waals surface area contributed by atoms with Crippen LogP contribution in [0.3, 0.4) is 0 Å². The first-order valence-electron chi connectivity index (χ1n) is 13.5. The van der Waals surface area contributed by atoms with Gasteiger partial charge >= 0.3 is 6.03 Å². The standard InChI is InChI=1S/C26H41N7OS/c1-2-27-26(34)33-16-10-8-6-4-3-5-7-9-11-21-12-13-23(33)19-32(18-21)24-14-15-28-25(31-24)30-22-17-29-35-20-22/h14-15,17,20-21,23H,2-13,16,18-19H2,1H3,(H,27,34)(H,28,30,31)/t21-,23+/m0/s1. The maximum Gasteiger partial charge on any atom is 0.317 e. The Kier molecular flexibility index (Phi) is 9.98. The third kappa shape index (κ3) is 7.78. The average molecular weight is 500 g/mol. The minimum atomic E-state index is 0.0789. The van der Waals surface area contributed by atoms with Crippen LogP contribution in [0.2, 0.25) is 0 Å². The molecule has 192 valence electrons. The van der Waals surface area contributed by atoms with Crippen LogP contribution in [0.4, 0.5) is 22.2 Å². The molecule has 8 nitrogen and oxygen atoms in total. The minimum absolute atomic E-state index is 0.0789. The molecule has 2 fully saturated rings. The Morgan fingerprint density at radius 2 is 1.86 bits per heavy atom. The number of rotatable bonds is 4. The van der Waals surface area contributed by atoms with Crippen molar-refractivity contribution in [3.05, 3.63) is 23.8 Å². The van der Waals surface area contributed by atoms with E-state index in [0.717, 1.165) is 50.4 Å². The van der Waals surface area contributed by atoms with Crippen molar-refractivity contribution in [2.24, 2.45) is 5.92 Å². The van der Waals surface area contributed by atoms with Crippen molar-refractivity contribution in [1.82, 2.24) is 24.6 Å². The fourth-order valence-corrected chi connectivity index (χ4v) is 5.86. The fourth-order valence-electron chi connectivity index (χ4n) is 5.39. The van der Waals surface area contributed by atoms with Gasteiger partial charge in [-0.15, -0.1) is 0 Å². The van der Waals surface area contributed by atoms with Crippen molar-refractivity contribution in [2.45, 2.75) is 83.6 Å². The lowest BCUT2D eigenvalue weighted by Gasteiger charge is -2.34. The molecule has 2 aliphatic rings. The fraction of sp³-hybridized carbons (Fsp3) is 0.692. The molecule has 0 unspecified atom stereocenters. The van der Waals surface area contributed by atoms with E-state index in [2.05, 4.69) is 29.8 Å². The molecule has 2 aromatic heterocycles. The Balaban J connectivity index is 1.56. The maximum atomic E-state index is 13.1. The zero-order valence-corrected chi connectivity index (χ0v) is 21.9. The van der Waals surface area contributed by atoms with Crippen LogP contribution in [0, 0.1) is 5.92 Å². The Labute approximate surface area is 214 Å². The molecule has 9 heteroatoms. The van der Waals surface area contributed by atoms with Crippen LogP contribution in [-0.4, -0.2) is 57.5 Å². The van der Waals surface area contributed by atoms with Gasteiger partial charge in [-0.1, -0.05) is 44.9 Å². The molecule has 0 aromatic carbocycles. The van der Waals surface area contributed by atoms with Gasteiger partial charge in [0.25, 0.3) is 0 Å². The van der Waals surface area contributed by atoms with Crippen LogP contribution in [-0.2, 0) is 0 Å². The lowest BCUT2D eigenvalue weighted by molar-refractivity contribution is 0.170. The maximum absolute atomic E-state index is 13.1. The second-order valence-corrected chi connectivity index (χ2v) is 10.6. The summed E-state index contributed by atoms with van der Waals surface area (Å²) in [4.78, 5) is 26.9. The molecule has 4 rings (SSSR count). The summed E-state index contributed by atoms with van der Waals surface area (Å²) in [6, 6.07) is 2.27. The number of carbonyl (C=O) groups is 1. The van der Waals surface area contributed by atoms with E-state index in [1.807, 2.05) is 24.6 Å². The normalized spacial score (nSPS) is 22.7. The van der Waals surface area contributed by atoms with E-state index in [9.17, 15) is 4.79 Å². The summed E-state index contributed by atoms with van der Waals surface area (Å²) in [6.07, 6.45) is 17.3. The van der Waals surface area contributed by atoms with Crippen LogP contribution in [0.5, 0.6) is 0 Å². The van der Waals surface area contributed by atoms with Crippen LogP contribution in [0.15, 0.2) is 23.8 Å². The van der Waals surface area contributed by atoms with Gasteiger partial charge in [0.15, 0.2) is 0 Å². The second kappa shape index (κ2) is 13.6. The highest BCUT2D eigenvalue weighted by Gasteiger charge is 2.31. The van der Waals surface area contributed by atoms with Crippen molar-refractivity contribution in [3.63, 3.8) is 0 Å². The molecule has 0 saturated carbocycles. The van der Waals surface area contributed by atoms with Gasteiger partial charge in [-0.05, 0) is 56.1 Å². The highest BCUT2D eigenvalue weighted by atomic mass is 32.1. The first kappa shape index (κ1) is 25.7. The summed E-state index contributed by atoms with van der Waals surface area (Å²) in [5, 5.41) is 8.30. The molecule has 2 saturated heterocycles. The Bertz CT molecular complexity index is 894. The number of hydrogen-bond acceptors (Lipinski definition) is 7. The van der Waals surface area contributed by atoms with Crippen LogP contribution in [0.1, 0.15) is 77.6 Å². The van der Waals surface area contributed by atoms with E-state index in [1.165, 1.54) is 62.9 Å². The Hall–Kier alpha value is -2.42. The molecule has 0 spiro atoms. The molecule has 2 aliphatic heterocycles. The first-order valence-corrected chi connectivity index (χ1v) is 14.4. The van der Waals surface area contributed by atoms with E-state index >= 15 is 0 Å². The van der Waals surface area contributed by atoms with Crippen LogP contribution >= 0.6 is 11.5 Å². The molecule has 2 aromatic rings. The lowest BCUT2D eigenvalue weighted by Crippen LogP contribution is -2.50. The average Bonchev–Trinajstić information content (AvgIpc) is 3.27. The summed E-state index contributed by atoms with van der Waals surface area (Å²) in [5.74, 6) is 2.14. The summed E-state index contributed by atoms with van der Waals surface area (Å²) in [6.45, 7) is 5.28. The van der Waals surface area contributed by atoms with Crippen molar-refractivity contribution in [2.75, 3.05) is 36.4 Å². The molecule has 2 amide bonds. The van der Waals surface area contributed by atoms with E-state index in [0.29, 0.717) is 18.4 Å². The summed E-state index contributed by atoms with van der Waals surface area (Å²) < 4.78 is 4.15. The SMILES string of the molecule is CCNC(=O)N1CCCCCCCCCC[C@H]2CC[C@@H]1CN(c1ccnc(Nc3cnsc3)n1)C2. The highest BCUT2D eigenvalue weighted by Crippen LogP contribution is 2.29. The molecular formula is C26H41N7OS. The first-order chi connectivity index (χ1) is 17.2. The molecule has 2 N–H and O–H groups in total. The number of hydrogen-bond donors (Lipinski definition) is 2. The van der Waals surface area contributed by atoms with Crippen molar-refractivity contribution < 1.29 is 4.79 Å². The van der Waals surface area contributed by atoms with Gasteiger partial charge in [-0.2, -0.15) is 9.36 Å². The molecular weight excluding hydrogens is 458 g/mol. The largest absolute Gasteiger partial charge is 0.354 e. The topological polar surface area (TPSA) is 86.3 Å². The molecule has 4 heterocycles. The molecule has 0 aliphatic carbocycles. The van der Waals surface area contributed by atoms with Crippen molar-refractivity contribution in [3.8, 4) is 0 Å². The van der Waals surface area contributed by atoms with Gasteiger partial charge in [-0.3, -0.25) is 0 Å². The quantitative estimate of drug-likeness (QED) is 0.551. The van der Waals surface area contributed by atoms with E-state index < -0.39 is 0 Å². The van der Waals surface area contributed by atoms with E-state index in [-0.39, 0.29) is 12.1 Å². The number of aromatic nitrogens is 3. The van der Waals surface area contributed by atoms with Gasteiger partial charge in [0.05, 0.1) is 17.9 Å². The molecule has 0 radical (unpaired) electrons. The predicted molar refractivity (Wildman–Crippen MR) is 143 cm³/mol. The van der Waals surface area contributed by atoms with E-state index in [1.54, 1.807) is 6.20 Å². The van der Waals surface area contributed by atoms with Crippen LogP contribution < -0.4 is 15.5 Å². The predicted octanol–water partition coefficient (Wildman–Crippen LogP) is 5.82. The van der Waals surface area contributed by atoms with Gasteiger partial charge < -0.3 is 20.4 Å². The van der Waals surface area contributed by atoms with Gasteiger partial charge in [-0.25, -0.2) is 9.78 Å².